The van der Waals surface area contributed by atoms with Gasteiger partial charge in [-0.1, -0.05) is 43.2 Å². The number of carbonyl (C=O) groups is 2. The van der Waals surface area contributed by atoms with E-state index in [9.17, 15) is 9.59 Å². The molecule has 1 saturated heterocycles. The van der Waals surface area contributed by atoms with E-state index in [-0.39, 0.29) is 23.2 Å². The predicted octanol–water partition coefficient (Wildman–Crippen LogP) is 4.78. The van der Waals surface area contributed by atoms with E-state index in [0.717, 1.165) is 56.4 Å². The summed E-state index contributed by atoms with van der Waals surface area (Å²) in [6.07, 6.45) is 10.5. The fourth-order valence-electron chi connectivity index (χ4n) is 4.26. The number of hydrogen-bond donors (Lipinski definition) is 1. The number of nitrogens with one attached hydrogen (secondary N) is 1. The van der Waals surface area contributed by atoms with Crippen LogP contribution in [0.1, 0.15) is 63.4 Å². The average molecular weight is 419 g/mol. The highest BCUT2D eigenvalue weighted by molar-refractivity contribution is 8.13. The van der Waals surface area contributed by atoms with Crippen LogP contribution in [-0.2, 0) is 11.2 Å². The number of benzene rings is 1. The van der Waals surface area contributed by atoms with Crippen LogP contribution in [-0.4, -0.2) is 47.5 Å². The monoisotopic (exact) mass is 418 g/mol. The molecule has 6 heteroatoms. The molecule has 1 aliphatic carbocycles. The Kier molecular flexibility index (Phi) is 8.71. The molecule has 1 aromatic carbocycles. The second-order valence-corrected chi connectivity index (χ2v) is 9.21. The predicted molar refractivity (Wildman–Crippen MR) is 119 cm³/mol. The number of nitrogens with zero attached hydrogens (tertiary/aromatic N) is 1. The summed E-state index contributed by atoms with van der Waals surface area (Å²) < 4.78 is 5.18. The summed E-state index contributed by atoms with van der Waals surface area (Å²) in [5, 5.41) is 3.34. The summed E-state index contributed by atoms with van der Waals surface area (Å²) in [5.41, 5.74) is 1.25. The van der Waals surface area contributed by atoms with Crippen LogP contribution in [0.25, 0.3) is 0 Å². The van der Waals surface area contributed by atoms with Crippen molar-refractivity contribution in [1.29, 1.82) is 0 Å². The number of thioether (sulfide) groups is 1. The van der Waals surface area contributed by atoms with Crippen molar-refractivity contribution >= 4 is 22.9 Å². The van der Waals surface area contributed by atoms with Crippen LogP contribution in [0.3, 0.4) is 0 Å². The molecule has 1 unspecified atom stereocenters. The number of likely N-dealkylation sites (tertiary alicyclic amines) is 1. The Morgan fingerprint density at radius 2 is 1.79 bits per heavy atom. The topological polar surface area (TPSA) is 58.6 Å². The molecular weight excluding hydrogens is 384 g/mol. The molecule has 29 heavy (non-hydrogen) atoms. The Bertz CT molecular complexity index is 659. The van der Waals surface area contributed by atoms with Gasteiger partial charge in [0.25, 0.3) is 0 Å². The van der Waals surface area contributed by atoms with E-state index in [1.165, 1.54) is 36.6 Å². The summed E-state index contributed by atoms with van der Waals surface area (Å²) in [7, 11) is 1.67. The number of amides is 2. The lowest BCUT2D eigenvalue weighted by Crippen LogP contribution is -2.53. The lowest BCUT2D eigenvalue weighted by atomic mass is 9.95. The van der Waals surface area contributed by atoms with E-state index in [2.05, 4.69) is 17.4 Å². The van der Waals surface area contributed by atoms with Crippen LogP contribution < -0.4 is 10.1 Å². The number of urea groups is 1. The third-order valence-corrected chi connectivity index (χ3v) is 7.03. The first-order chi connectivity index (χ1) is 14.2. The maximum absolute atomic E-state index is 12.8. The van der Waals surface area contributed by atoms with E-state index in [1.54, 1.807) is 12.0 Å². The van der Waals surface area contributed by atoms with Gasteiger partial charge in [0, 0.05) is 18.3 Å². The molecule has 1 atom stereocenters. The molecule has 0 bridgehead atoms. The number of methoxy groups -OCH3 is 1. The zero-order valence-electron chi connectivity index (χ0n) is 17.5. The van der Waals surface area contributed by atoms with Crippen LogP contribution in [0.5, 0.6) is 5.75 Å². The normalized spacial score (nSPS) is 20.3. The Labute approximate surface area is 178 Å². The summed E-state index contributed by atoms with van der Waals surface area (Å²) in [6.45, 7) is 0.696. The quantitative estimate of drug-likeness (QED) is 0.647. The molecule has 2 aliphatic rings. The summed E-state index contributed by atoms with van der Waals surface area (Å²) >= 11 is 1.39. The van der Waals surface area contributed by atoms with Gasteiger partial charge in [0.15, 0.2) is 0 Å². The van der Waals surface area contributed by atoms with Crippen molar-refractivity contribution in [3.8, 4) is 5.75 Å². The summed E-state index contributed by atoms with van der Waals surface area (Å²) in [5.74, 6) is 1.65. The lowest BCUT2D eigenvalue weighted by molar-refractivity contribution is -0.115. The fourth-order valence-corrected chi connectivity index (χ4v) is 5.19. The van der Waals surface area contributed by atoms with Gasteiger partial charge in [-0.25, -0.2) is 4.79 Å². The van der Waals surface area contributed by atoms with Crippen molar-refractivity contribution in [3.05, 3.63) is 29.8 Å². The van der Waals surface area contributed by atoms with Crippen LogP contribution in [0.15, 0.2) is 24.3 Å². The van der Waals surface area contributed by atoms with E-state index in [4.69, 9.17) is 4.74 Å². The number of hydrogen-bond acceptors (Lipinski definition) is 4. The first-order valence-corrected chi connectivity index (χ1v) is 12.0. The van der Waals surface area contributed by atoms with Crippen molar-refractivity contribution in [2.75, 3.05) is 19.4 Å². The molecule has 2 amide bonds. The molecule has 0 spiro atoms. The molecule has 0 radical (unpaired) electrons. The highest BCUT2D eigenvalue weighted by Crippen LogP contribution is 2.24. The molecular formula is C23H34N2O3S. The molecule has 1 saturated carbocycles. The molecule has 1 heterocycles. The summed E-state index contributed by atoms with van der Waals surface area (Å²) in [6, 6.07) is 8.07. The SMILES string of the molecule is COc1ccc(CCCSC(=O)C2CCCCN2C(=O)NC2CCCCC2)cc1. The molecule has 1 N–H and O–H groups in total. The van der Waals surface area contributed by atoms with E-state index < -0.39 is 0 Å². The third kappa shape index (κ3) is 6.66. The zero-order chi connectivity index (χ0) is 20.5. The van der Waals surface area contributed by atoms with Gasteiger partial charge in [-0.2, -0.15) is 0 Å². The van der Waals surface area contributed by atoms with Gasteiger partial charge < -0.3 is 15.0 Å². The van der Waals surface area contributed by atoms with Crippen molar-refractivity contribution in [2.45, 2.75) is 76.3 Å². The standard InChI is InChI=1S/C23H34N2O3S/c1-28-20-14-12-18(13-15-20)8-7-17-29-22(26)21-11-5-6-16-25(21)23(27)24-19-9-3-2-4-10-19/h12-15,19,21H,2-11,16-17H2,1H3,(H,24,27). The van der Waals surface area contributed by atoms with Gasteiger partial charge in [-0.3, -0.25) is 4.79 Å². The van der Waals surface area contributed by atoms with Crippen LogP contribution in [0, 0.1) is 0 Å². The fraction of sp³-hybridized carbons (Fsp3) is 0.652. The van der Waals surface area contributed by atoms with Gasteiger partial charge in [-0.15, -0.1) is 0 Å². The number of carbonyl (C=O) groups excluding carboxylic acids is 2. The maximum Gasteiger partial charge on any atom is 0.318 e. The molecule has 1 aromatic rings. The van der Waals surface area contributed by atoms with Crippen molar-refractivity contribution in [1.82, 2.24) is 10.2 Å². The van der Waals surface area contributed by atoms with Gasteiger partial charge in [-0.05, 0) is 62.6 Å². The Hall–Kier alpha value is -1.69. The lowest BCUT2D eigenvalue weighted by Gasteiger charge is -2.36. The number of ether oxygens (including phenoxy) is 1. The molecule has 2 fully saturated rings. The average Bonchev–Trinajstić information content (AvgIpc) is 2.77. The van der Waals surface area contributed by atoms with E-state index in [0.29, 0.717) is 6.54 Å². The smallest absolute Gasteiger partial charge is 0.318 e. The second-order valence-electron chi connectivity index (χ2n) is 8.11. The Morgan fingerprint density at radius 3 is 2.52 bits per heavy atom. The van der Waals surface area contributed by atoms with Crippen molar-refractivity contribution in [3.63, 3.8) is 0 Å². The van der Waals surface area contributed by atoms with Crippen LogP contribution in [0.2, 0.25) is 0 Å². The Balaban J connectivity index is 1.43. The van der Waals surface area contributed by atoms with E-state index >= 15 is 0 Å². The van der Waals surface area contributed by atoms with Gasteiger partial charge in [0.05, 0.1) is 7.11 Å². The molecule has 3 rings (SSSR count). The minimum atomic E-state index is -0.265. The minimum Gasteiger partial charge on any atom is -0.497 e. The number of piperidine rings is 1. The van der Waals surface area contributed by atoms with Gasteiger partial charge in [0.2, 0.25) is 5.12 Å². The first-order valence-electron chi connectivity index (χ1n) is 11.0. The molecule has 1 aliphatic heterocycles. The maximum atomic E-state index is 12.8. The van der Waals surface area contributed by atoms with Gasteiger partial charge >= 0.3 is 6.03 Å². The van der Waals surface area contributed by atoms with Crippen molar-refractivity contribution in [2.24, 2.45) is 0 Å². The second kappa shape index (κ2) is 11.5. The van der Waals surface area contributed by atoms with Crippen molar-refractivity contribution < 1.29 is 14.3 Å². The van der Waals surface area contributed by atoms with E-state index in [1.807, 2.05) is 12.1 Å². The number of aryl methyl sites for hydroxylation is 1. The van der Waals surface area contributed by atoms with Crippen LogP contribution in [0.4, 0.5) is 4.79 Å². The molecule has 0 aromatic heterocycles. The van der Waals surface area contributed by atoms with Crippen LogP contribution >= 0.6 is 11.8 Å². The highest BCUT2D eigenvalue weighted by Gasteiger charge is 2.33. The highest BCUT2D eigenvalue weighted by atomic mass is 32.2. The molecule has 160 valence electrons. The molecule has 5 nitrogen and oxygen atoms in total. The minimum absolute atomic E-state index is 0.0335. The first kappa shape index (κ1) is 22.0. The summed E-state index contributed by atoms with van der Waals surface area (Å²) in [4.78, 5) is 27.4. The largest absolute Gasteiger partial charge is 0.497 e. The zero-order valence-corrected chi connectivity index (χ0v) is 18.3. The van der Waals surface area contributed by atoms with Gasteiger partial charge in [0.1, 0.15) is 11.8 Å². The third-order valence-electron chi connectivity index (χ3n) is 5.98. The Morgan fingerprint density at radius 1 is 1.07 bits per heavy atom. The number of rotatable bonds is 7.